The fourth-order valence-electron chi connectivity index (χ4n) is 2.67. The molecule has 0 spiro atoms. The molecule has 2 rings (SSSR count). The molecule has 1 unspecified atom stereocenters. The minimum Gasteiger partial charge on any atom is -0.334 e. The molecule has 0 saturated carbocycles. The van der Waals surface area contributed by atoms with E-state index >= 15 is 0 Å². The summed E-state index contributed by atoms with van der Waals surface area (Å²) in [6.07, 6.45) is 5.44. The van der Waals surface area contributed by atoms with E-state index in [1.54, 1.807) is 10.5 Å². The minimum atomic E-state index is -3.54. The zero-order chi connectivity index (χ0) is 14.8. The average molecular weight is 320 g/mol. The summed E-state index contributed by atoms with van der Waals surface area (Å²) < 4.78 is 29.0. The lowest BCUT2D eigenvalue weighted by molar-refractivity contribution is 0.344. The van der Waals surface area contributed by atoms with Crippen molar-refractivity contribution in [2.75, 3.05) is 12.4 Å². The number of rotatable bonds is 4. The van der Waals surface area contributed by atoms with Crippen LogP contribution in [0, 0.1) is 6.92 Å². The molecule has 114 valence electrons. The summed E-state index contributed by atoms with van der Waals surface area (Å²) in [5.74, 6) is 1.07. The van der Waals surface area contributed by atoms with Crippen LogP contribution in [0.5, 0.6) is 0 Å². The summed E-state index contributed by atoms with van der Waals surface area (Å²) in [6.45, 7) is 5.05. The van der Waals surface area contributed by atoms with Gasteiger partial charge in [0.25, 0.3) is 10.0 Å². The molecular formula is C13H22ClN3O2S. The highest BCUT2D eigenvalue weighted by Gasteiger charge is 2.33. The summed E-state index contributed by atoms with van der Waals surface area (Å²) in [5.41, 5.74) is 0. The number of alkyl halides is 1. The molecule has 20 heavy (non-hydrogen) atoms. The molecule has 0 aromatic carbocycles. The molecule has 0 amide bonds. The number of sulfonamides is 1. The van der Waals surface area contributed by atoms with Crippen molar-refractivity contribution in [3.63, 3.8) is 0 Å². The van der Waals surface area contributed by atoms with Crippen LogP contribution in [0.1, 0.15) is 38.4 Å². The lowest BCUT2D eigenvalue weighted by Gasteiger charge is -2.26. The molecule has 1 atom stereocenters. The van der Waals surface area contributed by atoms with Gasteiger partial charge in [0, 0.05) is 31.2 Å². The van der Waals surface area contributed by atoms with Crippen molar-refractivity contribution in [2.24, 2.45) is 0 Å². The minimum absolute atomic E-state index is 0.115. The van der Waals surface area contributed by atoms with E-state index in [9.17, 15) is 8.42 Å². The Balaban J connectivity index is 2.35. The van der Waals surface area contributed by atoms with E-state index < -0.39 is 10.0 Å². The van der Waals surface area contributed by atoms with Gasteiger partial charge in [0.2, 0.25) is 0 Å². The van der Waals surface area contributed by atoms with E-state index in [1.807, 2.05) is 18.4 Å². The Labute approximate surface area is 126 Å². The molecule has 1 aromatic rings. The van der Waals surface area contributed by atoms with Crippen LogP contribution in [-0.4, -0.2) is 40.7 Å². The maximum absolute atomic E-state index is 12.8. The molecule has 0 radical (unpaired) electrons. The lowest BCUT2D eigenvalue weighted by Crippen LogP contribution is -2.41. The molecule has 0 aliphatic carbocycles. The fraction of sp³-hybridized carbons (Fsp3) is 0.769. The van der Waals surface area contributed by atoms with Crippen LogP contribution in [-0.2, 0) is 16.6 Å². The van der Waals surface area contributed by atoms with Crippen molar-refractivity contribution in [2.45, 2.75) is 57.1 Å². The number of imidazole rings is 1. The van der Waals surface area contributed by atoms with Gasteiger partial charge in [-0.3, -0.25) is 0 Å². The Kier molecular flexibility index (Phi) is 5.09. The molecule has 5 nitrogen and oxygen atoms in total. The Morgan fingerprint density at radius 2 is 2.15 bits per heavy atom. The van der Waals surface area contributed by atoms with E-state index in [4.69, 9.17) is 11.6 Å². The molecule has 1 fully saturated rings. The highest BCUT2D eigenvalue weighted by atomic mass is 35.5. The van der Waals surface area contributed by atoms with Gasteiger partial charge in [-0.05, 0) is 26.7 Å². The second kappa shape index (κ2) is 6.45. The standard InChI is InChI=1S/C13H22ClN3O2S/c1-3-16-10-13(15-11(16)2)20(18,19)17-8-6-4-5-7-12(17)9-14/h10,12H,3-9H2,1-2H3. The number of halogens is 1. The summed E-state index contributed by atoms with van der Waals surface area (Å²) in [4.78, 5) is 4.22. The van der Waals surface area contributed by atoms with Gasteiger partial charge in [-0.25, -0.2) is 13.4 Å². The highest BCUT2D eigenvalue weighted by Crippen LogP contribution is 2.25. The number of aromatic nitrogens is 2. The van der Waals surface area contributed by atoms with Crippen molar-refractivity contribution in [3.8, 4) is 0 Å². The third kappa shape index (κ3) is 3.02. The Bertz CT molecular complexity index is 556. The van der Waals surface area contributed by atoms with Gasteiger partial charge in [0.15, 0.2) is 5.03 Å². The largest absolute Gasteiger partial charge is 0.334 e. The van der Waals surface area contributed by atoms with Crippen molar-refractivity contribution >= 4 is 21.6 Å². The first-order valence-electron chi connectivity index (χ1n) is 7.12. The van der Waals surface area contributed by atoms with Crippen LogP contribution in [0.4, 0.5) is 0 Å². The van der Waals surface area contributed by atoms with E-state index in [0.717, 1.165) is 31.5 Å². The smallest absolute Gasteiger partial charge is 0.262 e. The molecular weight excluding hydrogens is 298 g/mol. The summed E-state index contributed by atoms with van der Waals surface area (Å²) in [5, 5.41) is 0.147. The van der Waals surface area contributed by atoms with Crippen LogP contribution in [0.15, 0.2) is 11.2 Å². The maximum atomic E-state index is 12.8. The molecule has 1 aliphatic rings. The lowest BCUT2D eigenvalue weighted by atomic mass is 10.1. The highest BCUT2D eigenvalue weighted by molar-refractivity contribution is 7.89. The summed E-state index contributed by atoms with van der Waals surface area (Å²) >= 11 is 5.97. The first-order valence-corrected chi connectivity index (χ1v) is 9.09. The Morgan fingerprint density at radius 1 is 1.40 bits per heavy atom. The van der Waals surface area contributed by atoms with Gasteiger partial charge < -0.3 is 4.57 Å². The topological polar surface area (TPSA) is 55.2 Å². The molecule has 2 heterocycles. The normalized spacial score (nSPS) is 21.9. The van der Waals surface area contributed by atoms with Crippen LogP contribution in [0.2, 0.25) is 0 Å². The van der Waals surface area contributed by atoms with Gasteiger partial charge >= 0.3 is 0 Å². The van der Waals surface area contributed by atoms with Crippen molar-refractivity contribution in [1.29, 1.82) is 0 Å². The molecule has 1 aliphatic heterocycles. The second-order valence-corrected chi connectivity index (χ2v) is 7.33. The molecule has 7 heteroatoms. The van der Waals surface area contributed by atoms with E-state index in [2.05, 4.69) is 4.98 Å². The van der Waals surface area contributed by atoms with Crippen molar-refractivity contribution in [1.82, 2.24) is 13.9 Å². The van der Waals surface area contributed by atoms with Gasteiger partial charge in [-0.1, -0.05) is 12.8 Å². The van der Waals surface area contributed by atoms with E-state index in [0.29, 0.717) is 19.0 Å². The Morgan fingerprint density at radius 3 is 2.75 bits per heavy atom. The number of hydrogen-bond acceptors (Lipinski definition) is 3. The number of aryl methyl sites for hydroxylation is 2. The van der Waals surface area contributed by atoms with Gasteiger partial charge in [-0.2, -0.15) is 4.31 Å². The predicted octanol–water partition coefficient (Wildman–Crippen LogP) is 2.38. The Hall–Kier alpha value is -0.590. The number of hydrogen-bond donors (Lipinski definition) is 0. The van der Waals surface area contributed by atoms with Gasteiger partial charge in [0.05, 0.1) is 0 Å². The second-order valence-electron chi connectivity index (χ2n) is 5.19. The molecule has 1 aromatic heterocycles. The third-order valence-corrected chi connectivity index (χ3v) is 6.05. The SMILES string of the molecule is CCn1cc(S(=O)(=O)N2CCCCCC2CCl)nc1C. The van der Waals surface area contributed by atoms with Gasteiger partial charge in [0.1, 0.15) is 5.82 Å². The van der Waals surface area contributed by atoms with Crippen LogP contribution in [0.3, 0.4) is 0 Å². The third-order valence-electron chi connectivity index (χ3n) is 3.87. The van der Waals surface area contributed by atoms with Crippen LogP contribution < -0.4 is 0 Å². The average Bonchev–Trinajstić information content (AvgIpc) is 2.66. The van der Waals surface area contributed by atoms with E-state index in [-0.39, 0.29) is 11.1 Å². The number of nitrogens with zero attached hydrogens (tertiary/aromatic N) is 3. The molecule has 1 saturated heterocycles. The predicted molar refractivity (Wildman–Crippen MR) is 79.5 cm³/mol. The molecule has 0 N–H and O–H groups in total. The quantitative estimate of drug-likeness (QED) is 0.801. The summed E-state index contributed by atoms with van der Waals surface area (Å²) in [7, 11) is -3.54. The van der Waals surface area contributed by atoms with Crippen molar-refractivity contribution in [3.05, 3.63) is 12.0 Å². The van der Waals surface area contributed by atoms with E-state index in [1.165, 1.54) is 0 Å². The zero-order valence-electron chi connectivity index (χ0n) is 12.0. The van der Waals surface area contributed by atoms with Crippen LogP contribution in [0.25, 0.3) is 0 Å². The van der Waals surface area contributed by atoms with Crippen LogP contribution >= 0.6 is 11.6 Å². The maximum Gasteiger partial charge on any atom is 0.262 e. The first-order chi connectivity index (χ1) is 9.50. The zero-order valence-corrected chi connectivity index (χ0v) is 13.6. The monoisotopic (exact) mass is 319 g/mol. The fourth-order valence-corrected chi connectivity index (χ4v) is 4.76. The first kappa shape index (κ1) is 15.8. The van der Waals surface area contributed by atoms with Crippen molar-refractivity contribution < 1.29 is 8.42 Å². The molecule has 0 bridgehead atoms. The van der Waals surface area contributed by atoms with Gasteiger partial charge in [-0.15, -0.1) is 11.6 Å². The summed E-state index contributed by atoms with van der Waals surface area (Å²) in [6, 6.07) is -0.115.